The summed E-state index contributed by atoms with van der Waals surface area (Å²) in [6.07, 6.45) is 5.20. The van der Waals surface area contributed by atoms with Crippen molar-refractivity contribution in [3.63, 3.8) is 0 Å². The Morgan fingerprint density at radius 1 is 1.08 bits per heavy atom. The topological polar surface area (TPSA) is 41.5 Å². The van der Waals surface area contributed by atoms with Crippen LogP contribution in [-0.4, -0.2) is 24.2 Å². The molecule has 1 saturated heterocycles. The number of hydrogen-bond acceptors (Lipinski definition) is 3. The van der Waals surface area contributed by atoms with E-state index in [4.69, 9.17) is 0 Å². The first kappa shape index (κ1) is 14.9. The fourth-order valence-electron chi connectivity index (χ4n) is 4.34. The summed E-state index contributed by atoms with van der Waals surface area (Å²) >= 11 is 0. The van der Waals surface area contributed by atoms with Gasteiger partial charge < -0.3 is 5.32 Å². The van der Waals surface area contributed by atoms with Crippen molar-refractivity contribution in [3.8, 4) is 0 Å². The Kier molecular flexibility index (Phi) is 3.47. The van der Waals surface area contributed by atoms with Crippen LogP contribution >= 0.6 is 0 Å². The highest BCUT2D eigenvalue weighted by atomic mass is 16.1. The maximum Gasteiger partial charge on any atom is 0.168 e. The van der Waals surface area contributed by atoms with E-state index in [0.717, 1.165) is 24.4 Å². The SMILES string of the molecule is O=C1CC(Cc2ccc3ccccc3c2)NC2=NCC(C3CCC3)=C12. The number of ketones is 1. The van der Waals surface area contributed by atoms with E-state index >= 15 is 0 Å². The van der Waals surface area contributed by atoms with Crippen molar-refractivity contribution in [2.24, 2.45) is 10.9 Å². The highest BCUT2D eigenvalue weighted by Crippen LogP contribution is 2.38. The molecular formula is C22H22N2O. The normalized spacial score (nSPS) is 23.3. The van der Waals surface area contributed by atoms with E-state index in [1.807, 2.05) is 0 Å². The van der Waals surface area contributed by atoms with E-state index in [0.29, 0.717) is 18.1 Å². The number of carbonyl (C=O) groups is 1. The lowest BCUT2D eigenvalue weighted by atomic mass is 9.76. The maximum absolute atomic E-state index is 12.8. The third-order valence-electron chi connectivity index (χ3n) is 5.91. The standard InChI is InChI=1S/C22H22N2O/c25-20-12-18(11-14-8-9-15-4-1-2-5-17(15)10-14)24-22-21(20)19(13-23-22)16-6-3-7-16/h1-2,4-5,8-10,16,18H,3,6-7,11-13H2,(H,23,24). The van der Waals surface area contributed by atoms with Gasteiger partial charge in [0, 0.05) is 12.5 Å². The van der Waals surface area contributed by atoms with Gasteiger partial charge in [-0.25, -0.2) is 0 Å². The monoisotopic (exact) mass is 330 g/mol. The number of fused-ring (bicyclic) bond motifs is 2. The van der Waals surface area contributed by atoms with Gasteiger partial charge in [0.1, 0.15) is 5.84 Å². The second kappa shape index (κ2) is 5.83. The highest BCUT2D eigenvalue weighted by molar-refractivity contribution is 6.25. The molecule has 3 heteroatoms. The Morgan fingerprint density at radius 3 is 2.72 bits per heavy atom. The van der Waals surface area contributed by atoms with E-state index in [-0.39, 0.29) is 6.04 Å². The summed E-state index contributed by atoms with van der Waals surface area (Å²) in [6.45, 7) is 0.733. The second-order valence-electron chi connectivity index (χ2n) is 7.55. The number of carbonyl (C=O) groups excluding carboxylic acids is 1. The molecule has 1 aliphatic carbocycles. The predicted molar refractivity (Wildman–Crippen MR) is 101 cm³/mol. The van der Waals surface area contributed by atoms with Gasteiger partial charge in [0.05, 0.1) is 12.1 Å². The summed E-state index contributed by atoms with van der Waals surface area (Å²) in [6, 6.07) is 15.1. The molecule has 3 nitrogen and oxygen atoms in total. The van der Waals surface area contributed by atoms with Gasteiger partial charge in [0.25, 0.3) is 0 Å². The smallest absolute Gasteiger partial charge is 0.168 e. The number of nitrogens with zero attached hydrogens (tertiary/aromatic N) is 1. The first-order valence-corrected chi connectivity index (χ1v) is 9.33. The van der Waals surface area contributed by atoms with Crippen molar-refractivity contribution >= 4 is 22.4 Å². The minimum Gasteiger partial charge on any atom is -0.366 e. The molecule has 1 atom stereocenters. The maximum atomic E-state index is 12.8. The third-order valence-corrected chi connectivity index (χ3v) is 5.91. The average Bonchev–Trinajstić information content (AvgIpc) is 2.97. The van der Waals surface area contributed by atoms with Gasteiger partial charge in [-0.2, -0.15) is 0 Å². The molecular weight excluding hydrogens is 308 g/mol. The molecule has 0 radical (unpaired) electrons. The number of hydrogen-bond donors (Lipinski definition) is 1. The number of piperidine rings is 1. The third kappa shape index (κ3) is 2.58. The summed E-state index contributed by atoms with van der Waals surface area (Å²) in [7, 11) is 0. The van der Waals surface area contributed by atoms with Gasteiger partial charge in [-0.15, -0.1) is 0 Å². The van der Waals surface area contributed by atoms with Gasteiger partial charge in [0.15, 0.2) is 5.78 Å². The summed E-state index contributed by atoms with van der Waals surface area (Å²) in [5.41, 5.74) is 3.51. The summed E-state index contributed by atoms with van der Waals surface area (Å²) in [5.74, 6) is 1.77. The lowest BCUT2D eigenvalue weighted by Crippen LogP contribution is -2.45. The van der Waals surface area contributed by atoms with Gasteiger partial charge in [0.2, 0.25) is 0 Å². The molecule has 2 aromatic carbocycles. The van der Waals surface area contributed by atoms with Crippen molar-refractivity contribution in [2.75, 3.05) is 6.54 Å². The molecule has 0 spiro atoms. The van der Waals surface area contributed by atoms with Crippen LogP contribution in [0, 0.1) is 5.92 Å². The zero-order valence-corrected chi connectivity index (χ0v) is 14.3. The molecule has 1 N–H and O–H groups in total. The Bertz CT molecular complexity index is 921. The van der Waals surface area contributed by atoms with Crippen LogP contribution in [0.3, 0.4) is 0 Å². The van der Waals surface area contributed by atoms with E-state index in [9.17, 15) is 4.79 Å². The Labute approximate surface area is 147 Å². The Balaban J connectivity index is 1.36. The van der Waals surface area contributed by atoms with Gasteiger partial charge >= 0.3 is 0 Å². The highest BCUT2D eigenvalue weighted by Gasteiger charge is 2.37. The minimum atomic E-state index is 0.150. The zero-order valence-electron chi connectivity index (χ0n) is 14.3. The van der Waals surface area contributed by atoms with Gasteiger partial charge in [-0.05, 0) is 47.1 Å². The van der Waals surface area contributed by atoms with Crippen molar-refractivity contribution in [1.82, 2.24) is 5.32 Å². The van der Waals surface area contributed by atoms with Crippen LogP contribution < -0.4 is 5.32 Å². The molecule has 2 aliphatic heterocycles. The number of aliphatic imine (C=N–C) groups is 1. The largest absolute Gasteiger partial charge is 0.366 e. The minimum absolute atomic E-state index is 0.150. The fourth-order valence-corrected chi connectivity index (χ4v) is 4.34. The molecule has 2 aromatic rings. The molecule has 1 unspecified atom stereocenters. The van der Waals surface area contributed by atoms with Gasteiger partial charge in [-0.1, -0.05) is 48.9 Å². The number of rotatable bonds is 3. The summed E-state index contributed by atoms with van der Waals surface area (Å²) in [5, 5.41) is 6.06. The average molecular weight is 330 g/mol. The molecule has 2 heterocycles. The van der Waals surface area contributed by atoms with Crippen LogP contribution in [0.5, 0.6) is 0 Å². The Morgan fingerprint density at radius 2 is 1.92 bits per heavy atom. The molecule has 3 aliphatic rings. The molecule has 0 aromatic heterocycles. The van der Waals surface area contributed by atoms with E-state index < -0.39 is 0 Å². The zero-order chi connectivity index (χ0) is 16.8. The van der Waals surface area contributed by atoms with Crippen molar-refractivity contribution in [1.29, 1.82) is 0 Å². The molecule has 126 valence electrons. The molecule has 2 fully saturated rings. The molecule has 1 saturated carbocycles. The Hall–Kier alpha value is -2.42. The number of amidine groups is 1. The van der Waals surface area contributed by atoms with Crippen LogP contribution in [-0.2, 0) is 11.2 Å². The predicted octanol–water partition coefficient (Wildman–Crippen LogP) is 3.82. The number of Topliss-reactive ketones (excluding diaryl/α,β-unsaturated/α-hetero) is 1. The van der Waals surface area contributed by atoms with Crippen molar-refractivity contribution < 1.29 is 4.79 Å². The molecule has 0 amide bonds. The van der Waals surface area contributed by atoms with E-state index in [1.165, 1.54) is 41.2 Å². The first-order chi connectivity index (χ1) is 12.3. The van der Waals surface area contributed by atoms with E-state index in [1.54, 1.807) is 0 Å². The molecule has 25 heavy (non-hydrogen) atoms. The number of benzene rings is 2. The summed E-state index contributed by atoms with van der Waals surface area (Å²) < 4.78 is 0. The lowest BCUT2D eigenvalue weighted by Gasteiger charge is -2.30. The molecule has 0 bridgehead atoms. The van der Waals surface area contributed by atoms with Crippen LogP contribution in [0.4, 0.5) is 0 Å². The van der Waals surface area contributed by atoms with Crippen LogP contribution in [0.25, 0.3) is 10.8 Å². The quantitative estimate of drug-likeness (QED) is 0.929. The number of nitrogens with one attached hydrogen (secondary N) is 1. The van der Waals surface area contributed by atoms with Crippen LogP contribution in [0.15, 0.2) is 58.6 Å². The van der Waals surface area contributed by atoms with E-state index in [2.05, 4.69) is 52.8 Å². The summed E-state index contributed by atoms with van der Waals surface area (Å²) in [4.78, 5) is 17.4. The lowest BCUT2D eigenvalue weighted by molar-refractivity contribution is -0.115. The first-order valence-electron chi connectivity index (χ1n) is 9.33. The van der Waals surface area contributed by atoms with Crippen molar-refractivity contribution in [2.45, 2.75) is 38.1 Å². The fraction of sp³-hybridized carbons (Fsp3) is 0.364. The van der Waals surface area contributed by atoms with Crippen LogP contribution in [0.2, 0.25) is 0 Å². The molecule has 5 rings (SSSR count). The van der Waals surface area contributed by atoms with Crippen LogP contribution in [0.1, 0.15) is 31.2 Å². The van der Waals surface area contributed by atoms with Gasteiger partial charge in [-0.3, -0.25) is 9.79 Å². The second-order valence-corrected chi connectivity index (χ2v) is 7.55. The van der Waals surface area contributed by atoms with Crippen molar-refractivity contribution in [3.05, 3.63) is 59.2 Å².